The number of alkyl halides is 1. The topological polar surface area (TPSA) is 94.9 Å². The molecule has 2 rings (SSSR count). The van der Waals surface area contributed by atoms with Crippen LogP contribution < -0.4 is 4.74 Å². The lowest BCUT2D eigenvalue weighted by Gasteiger charge is -2.11. The summed E-state index contributed by atoms with van der Waals surface area (Å²) in [4.78, 5) is 22.3. The largest absolute Gasteiger partial charge is 0.491 e. The Morgan fingerprint density at radius 3 is 2.16 bits per heavy atom. The van der Waals surface area contributed by atoms with Crippen LogP contribution in [0.5, 0.6) is 5.75 Å². The lowest BCUT2D eigenvalue weighted by atomic mass is 10.0. The van der Waals surface area contributed by atoms with Gasteiger partial charge in [0.25, 0.3) is 0 Å². The molecule has 0 heterocycles. The number of benzene rings is 2. The molecule has 0 radical (unpaired) electrons. The van der Waals surface area contributed by atoms with E-state index in [2.05, 4.69) is 28.6 Å². The van der Waals surface area contributed by atoms with E-state index in [9.17, 15) is 9.59 Å². The molecular weight excluding hydrogens is 478 g/mol. The van der Waals surface area contributed by atoms with E-state index in [0.29, 0.717) is 24.5 Å². The van der Waals surface area contributed by atoms with E-state index in [4.69, 9.17) is 24.2 Å². The number of hydrogen-bond donors (Lipinski definition) is 0. The number of nitriles is 1. The molecule has 2 aromatic carbocycles. The first-order valence-electron chi connectivity index (χ1n) is 9.85. The molecule has 0 aromatic heterocycles. The minimum atomic E-state index is -0.749. The molecule has 0 saturated heterocycles. The Kier molecular flexibility index (Phi) is 10.4. The highest BCUT2D eigenvalue weighted by atomic mass is 79.9. The number of halogens is 1. The minimum Gasteiger partial charge on any atom is -0.491 e. The summed E-state index contributed by atoms with van der Waals surface area (Å²) in [5.74, 6) is -0.389. The normalized spacial score (nSPS) is 11.2. The van der Waals surface area contributed by atoms with Gasteiger partial charge in [0, 0.05) is 5.57 Å². The van der Waals surface area contributed by atoms with Crippen molar-refractivity contribution in [2.45, 2.75) is 11.8 Å². The molecule has 0 bridgehead atoms. The van der Waals surface area contributed by atoms with Gasteiger partial charge in [-0.15, -0.1) is 0 Å². The average Bonchev–Trinajstić information content (AvgIpc) is 2.81. The van der Waals surface area contributed by atoms with Crippen molar-refractivity contribution in [3.8, 4) is 22.9 Å². The van der Waals surface area contributed by atoms with Crippen LogP contribution in [0.3, 0.4) is 0 Å². The van der Waals surface area contributed by atoms with Crippen molar-refractivity contribution in [2.24, 2.45) is 0 Å². The molecule has 168 valence electrons. The molecule has 2 aromatic rings. The SMILES string of the molecule is C=C(C)C(=O)OCC(Br)C(=O)OCCOCCOc1ccc(-c2ccc(C#N)cc2)cc1. The summed E-state index contributed by atoms with van der Waals surface area (Å²) in [7, 11) is 0. The zero-order valence-electron chi connectivity index (χ0n) is 17.7. The highest BCUT2D eigenvalue weighted by Crippen LogP contribution is 2.22. The fourth-order valence-corrected chi connectivity index (χ4v) is 2.70. The summed E-state index contributed by atoms with van der Waals surface area (Å²) in [6.07, 6.45) is 0. The first kappa shape index (κ1) is 25.1. The molecule has 0 N–H and O–H groups in total. The number of esters is 2. The van der Waals surface area contributed by atoms with Crippen LogP contribution in [0.2, 0.25) is 0 Å². The Hall–Kier alpha value is -3.15. The molecule has 0 spiro atoms. The van der Waals surface area contributed by atoms with Gasteiger partial charge < -0.3 is 18.9 Å². The van der Waals surface area contributed by atoms with Crippen molar-refractivity contribution in [1.29, 1.82) is 5.26 Å². The van der Waals surface area contributed by atoms with Gasteiger partial charge in [0.15, 0.2) is 0 Å². The molecule has 0 aliphatic carbocycles. The molecule has 1 unspecified atom stereocenters. The zero-order valence-corrected chi connectivity index (χ0v) is 19.3. The second-order valence-electron chi connectivity index (χ2n) is 6.69. The Bertz CT molecular complexity index is 950. The quantitative estimate of drug-likeness (QED) is 0.187. The predicted molar refractivity (Wildman–Crippen MR) is 122 cm³/mol. The van der Waals surface area contributed by atoms with Crippen LogP contribution in [0.25, 0.3) is 11.1 Å². The third-order valence-corrected chi connectivity index (χ3v) is 4.77. The molecule has 1 atom stereocenters. The van der Waals surface area contributed by atoms with Gasteiger partial charge in [-0.3, -0.25) is 4.79 Å². The van der Waals surface area contributed by atoms with Gasteiger partial charge >= 0.3 is 11.9 Å². The van der Waals surface area contributed by atoms with Crippen molar-refractivity contribution in [2.75, 3.05) is 33.0 Å². The van der Waals surface area contributed by atoms with Crippen LogP contribution in [0.15, 0.2) is 60.7 Å². The molecule has 8 heteroatoms. The van der Waals surface area contributed by atoms with Crippen LogP contribution in [0.4, 0.5) is 0 Å². The number of hydrogen-bond acceptors (Lipinski definition) is 7. The number of rotatable bonds is 12. The summed E-state index contributed by atoms with van der Waals surface area (Å²) < 4.78 is 21.0. The second-order valence-corrected chi connectivity index (χ2v) is 7.79. The first-order valence-corrected chi connectivity index (χ1v) is 10.8. The van der Waals surface area contributed by atoms with Crippen LogP contribution in [-0.2, 0) is 23.8 Å². The Balaban J connectivity index is 1.59. The molecule has 7 nitrogen and oxygen atoms in total. The second kappa shape index (κ2) is 13.3. The van der Waals surface area contributed by atoms with Gasteiger partial charge in [0.1, 0.15) is 30.4 Å². The molecular formula is C24H24BrNO6. The van der Waals surface area contributed by atoms with Crippen LogP contribution >= 0.6 is 15.9 Å². The molecule has 0 amide bonds. The standard InChI is InChI=1S/C24H24BrNO6/c1-17(2)23(27)32-16-22(25)24(28)31-14-12-29-11-13-30-21-9-7-20(8-10-21)19-5-3-18(15-26)4-6-19/h3-10,22H,1,11-14,16H2,2H3. The van der Waals surface area contributed by atoms with Crippen molar-refractivity contribution in [1.82, 2.24) is 0 Å². The molecule has 0 aliphatic rings. The molecule has 32 heavy (non-hydrogen) atoms. The van der Waals surface area contributed by atoms with Gasteiger partial charge in [-0.25, -0.2) is 4.79 Å². The fraction of sp³-hybridized carbons (Fsp3) is 0.292. The van der Waals surface area contributed by atoms with Crippen LogP contribution in [-0.4, -0.2) is 49.8 Å². The van der Waals surface area contributed by atoms with Crippen molar-refractivity contribution < 1.29 is 28.5 Å². The minimum absolute atomic E-state index is 0.0780. The van der Waals surface area contributed by atoms with E-state index in [-0.39, 0.29) is 25.4 Å². The third kappa shape index (κ3) is 8.53. The molecule has 0 saturated carbocycles. The maximum absolute atomic E-state index is 11.8. The Labute approximate surface area is 195 Å². The van der Waals surface area contributed by atoms with Crippen molar-refractivity contribution >= 4 is 27.9 Å². The van der Waals surface area contributed by atoms with E-state index in [1.165, 1.54) is 6.92 Å². The van der Waals surface area contributed by atoms with Gasteiger partial charge in [0.05, 0.1) is 24.8 Å². The van der Waals surface area contributed by atoms with Gasteiger partial charge in [-0.2, -0.15) is 5.26 Å². The fourth-order valence-electron chi connectivity index (χ4n) is 2.43. The molecule has 0 aliphatic heterocycles. The van der Waals surface area contributed by atoms with Crippen LogP contribution in [0, 0.1) is 11.3 Å². The monoisotopic (exact) mass is 501 g/mol. The first-order chi connectivity index (χ1) is 15.4. The molecule has 0 fully saturated rings. The smallest absolute Gasteiger partial charge is 0.333 e. The van der Waals surface area contributed by atoms with E-state index in [1.807, 2.05) is 36.4 Å². The summed E-state index contributed by atoms with van der Waals surface area (Å²) >= 11 is 3.11. The van der Waals surface area contributed by atoms with Crippen LogP contribution in [0.1, 0.15) is 12.5 Å². The number of carbonyl (C=O) groups is 2. The van der Waals surface area contributed by atoms with Gasteiger partial charge in [-0.05, 0) is 42.3 Å². The number of nitrogens with zero attached hydrogens (tertiary/aromatic N) is 1. The summed E-state index contributed by atoms with van der Waals surface area (Å²) in [5.41, 5.74) is 2.93. The number of ether oxygens (including phenoxy) is 4. The highest BCUT2D eigenvalue weighted by molar-refractivity contribution is 9.10. The van der Waals surface area contributed by atoms with E-state index < -0.39 is 16.8 Å². The van der Waals surface area contributed by atoms with E-state index in [1.54, 1.807) is 12.1 Å². The van der Waals surface area contributed by atoms with E-state index >= 15 is 0 Å². The van der Waals surface area contributed by atoms with Crippen molar-refractivity contribution in [3.63, 3.8) is 0 Å². The lowest BCUT2D eigenvalue weighted by molar-refractivity contribution is -0.147. The number of carbonyl (C=O) groups excluding carboxylic acids is 2. The van der Waals surface area contributed by atoms with Crippen molar-refractivity contribution in [3.05, 3.63) is 66.2 Å². The third-order valence-electron chi connectivity index (χ3n) is 4.14. The average molecular weight is 502 g/mol. The Morgan fingerprint density at radius 1 is 0.969 bits per heavy atom. The summed E-state index contributed by atoms with van der Waals surface area (Å²) in [6, 6.07) is 17.1. The summed E-state index contributed by atoms with van der Waals surface area (Å²) in [5, 5.41) is 8.87. The van der Waals surface area contributed by atoms with E-state index in [0.717, 1.165) is 11.1 Å². The maximum atomic E-state index is 11.8. The Morgan fingerprint density at radius 2 is 1.56 bits per heavy atom. The zero-order chi connectivity index (χ0) is 23.3. The maximum Gasteiger partial charge on any atom is 0.333 e. The van der Waals surface area contributed by atoms with Gasteiger partial charge in [0.2, 0.25) is 0 Å². The summed E-state index contributed by atoms with van der Waals surface area (Å²) in [6.45, 7) is 5.84. The van der Waals surface area contributed by atoms with Gasteiger partial charge in [-0.1, -0.05) is 46.8 Å². The lowest BCUT2D eigenvalue weighted by Crippen LogP contribution is -2.25. The predicted octanol–water partition coefficient (Wildman–Crippen LogP) is 4.05. The highest BCUT2D eigenvalue weighted by Gasteiger charge is 2.18.